The zero-order valence-corrected chi connectivity index (χ0v) is 10.1. The summed E-state index contributed by atoms with van der Waals surface area (Å²) in [5, 5.41) is 9.08. The topological polar surface area (TPSA) is 33.0 Å². The van der Waals surface area contributed by atoms with E-state index < -0.39 is 0 Å². The quantitative estimate of drug-likeness (QED) is 0.757. The molecule has 0 saturated heterocycles. The van der Waals surface area contributed by atoms with Gasteiger partial charge in [0, 0.05) is 0 Å². The molecule has 0 atom stereocenters. The molecule has 1 aliphatic carbocycles. The first-order valence-corrected chi connectivity index (χ1v) is 5.72. The van der Waals surface area contributed by atoms with E-state index in [0.29, 0.717) is 6.10 Å². The number of nitrogens with zero attached hydrogens (tertiary/aromatic N) is 1. The molecule has 2 rings (SSSR count). The third-order valence-corrected chi connectivity index (χ3v) is 2.75. The molecule has 0 unspecified atom stereocenters. The van der Waals surface area contributed by atoms with Gasteiger partial charge in [-0.3, -0.25) is 0 Å². The number of nitriles is 1. The highest BCUT2D eigenvalue weighted by Gasteiger charge is 2.25. The van der Waals surface area contributed by atoms with Gasteiger partial charge in [0.25, 0.3) is 0 Å². The smallest absolute Gasteiger partial charge is 0.120 e. The fourth-order valence-corrected chi connectivity index (χ4v) is 1.69. The van der Waals surface area contributed by atoms with Gasteiger partial charge >= 0.3 is 0 Å². The van der Waals surface area contributed by atoms with Crippen LogP contribution in [0.4, 0.5) is 0 Å². The van der Waals surface area contributed by atoms with Crippen LogP contribution in [0.1, 0.15) is 44.7 Å². The summed E-state index contributed by atoms with van der Waals surface area (Å²) in [7, 11) is 0. The van der Waals surface area contributed by atoms with Crippen LogP contribution in [0.25, 0.3) is 0 Å². The largest absolute Gasteiger partial charge is 0.490 e. The lowest BCUT2D eigenvalue weighted by atomic mass is 9.84. The Morgan fingerprint density at radius 1 is 1.31 bits per heavy atom. The molecule has 84 valence electrons. The maximum atomic E-state index is 9.08. The molecular weight excluding hydrogens is 198 g/mol. The first-order chi connectivity index (χ1) is 7.50. The van der Waals surface area contributed by atoms with Crippen LogP contribution < -0.4 is 4.74 Å². The minimum absolute atomic E-state index is 0.0199. The molecule has 0 radical (unpaired) electrons. The van der Waals surface area contributed by atoms with Gasteiger partial charge in [0.1, 0.15) is 5.75 Å². The number of hydrogen-bond acceptors (Lipinski definition) is 2. The van der Waals surface area contributed by atoms with E-state index in [1.165, 1.54) is 0 Å². The molecule has 1 fully saturated rings. The zero-order valence-electron chi connectivity index (χ0n) is 10.1. The molecule has 16 heavy (non-hydrogen) atoms. The molecule has 0 bridgehead atoms. The van der Waals surface area contributed by atoms with Crippen LogP contribution in [0.15, 0.2) is 18.2 Å². The zero-order chi connectivity index (χ0) is 11.8. The number of hydrogen-bond donors (Lipinski definition) is 0. The van der Waals surface area contributed by atoms with Gasteiger partial charge in [-0.15, -0.1) is 0 Å². The van der Waals surface area contributed by atoms with Gasteiger partial charge in [0.15, 0.2) is 0 Å². The van der Waals surface area contributed by atoms with E-state index in [9.17, 15) is 0 Å². The standard InChI is InChI=1S/C14H17NO/c1-14(2,3)13-8-12(16-11-6-7-11)5-4-10(13)9-15/h4-5,8,11H,6-7H2,1-3H3. The molecule has 0 heterocycles. The molecule has 0 aromatic heterocycles. The van der Waals surface area contributed by atoms with Gasteiger partial charge in [-0.05, 0) is 42.0 Å². The van der Waals surface area contributed by atoms with Gasteiger partial charge in [-0.2, -0.15) is 5.26 Å². The van der Waals surface area contributed by atoms with Crippen LogP contribution in [-0.4, -0.2) is 6.10 Å². The lowest BCUT2D eigenvalue weighted by molar-refractivity contribution is 0.302. The van der Waals surface area contributed by atoms with Crippen molar-refractivity contribution in [3.8, 4) is 11.8 Å². The second kappa shape index (κ2) is 3.83. The second-order valence-corrected chi connectivity index (χ2v) is 5.39. The Balaban J connectivity index is 2.34. The van der Waals surface area contributed by atoms with Gasteiger partial charge in [0.05, 0.1) is 17.7 Å². The molecule has 2 nitrogen and oxygen atoms in total. The summed E-state index contributed by atoms with van der Waals surface area (Å²) in [5.74, 6) is 0.895. The van der Waals surface area contributed by atoms with Gasteiger partial charge in [0.2, 0.25) is 0 Å². The van der Waals surface area contributed by atoms with Crippen molar-refractivity contribution >= 4 is 0 Å². The fourth-order valence-electron chi connectivity index (χ4n) is 1.69. The third kappa shape index (κ3) is 2.36. The normalized spacial score (nSPS) is 15.6. The average Bonchev–Trinajstić information content (AvgIpc) is 3.00. The Kier molecular flexibility index (Phi) is 2.63. The minimum Gasteiger partial charge on any atom is -0.490 e. The van der Waals surface area contributed by atoms with E-state index in [-0.39, 0.29) is 5.41 Å². The van der Waals surface area contributed by atoms with E-state index in [4.69, 9.17) is 10.00 Å². The number of benzene rings is 1. The Morgan fingerprint density at radius 2 is 2.00 bits per heavy atom. The highest BCUT2D eigenvalue weighted by atomic mass is 16.5. The molecule has 1 aromatic carbocycles. The molecule has 0 spiro atoms. The first-order valence-electron chi connectivity index (χ1n) is 5.72. The summed E-state index contributed by atoms with van der Waals surface area (Å²) in [6.45, 7) is 6.35. The van der Waals surface area contributed by atoms with Gasteiger partial charge in [-0.1, -0.05) is 20.8 Å². The van der Waals surface area contributed by atoms with E-state index in [1.807, 2.05) is 18.2 Å². The Labute approximate surface area is 96.9 Å². The minimum atomic E-state index is -0.0199. The Hall–Kier alpha value is -1.49. The molecule has 0 amide bonds. The third-order valence-electron chi connectivity index (χ3n) is 2.75. The second-order valence-electron chi connectivity index (χ2n) is 5.39. The maximum absolute atomic E-state index is 9.08. The summed E-state index contributed by atoms with van der Waals surface area (Å²) in [6.07, 6.45) is 2.72. The maximum Gasteiger partial charge on any atom is 0.120 e. The lowest BCUT2D eigenvalue weighted by Gasteiger charge is -2.21. The predicted molar refractivity (Wildman–Crippen MR) is 63.5 cm³/mol. The highest BCUT2D eigenvalue weighted by Crippen LogP contribution is 2.32. The predicted octanol–water partition coefficient (Wildman–Crippen LogP) is 3.40. The summed E-state index contributed by atoms with van der Waals surface area (Å²) in [5.41, 5.74) is 1.79. The molecule has 0 N–H and O–H groups in total. The fraction of sp³-hybridized carbons (Fsp3) is 0.500. The van der Waals surface area contributed by atoms with Crippen molar-refractivity contribution in [3.05, 3.63) is 29.3 Å². The van der Waals surface area contributed by atoms with Gasteiger partial charge < -0.3 is 4.74 Å². The van der Waals surface area contributed by atoms with Crippen molar-refractivity contribution in [1.29, 1.82) is 5.26 Å². The molecule has 1 aliphatic rings. The monoisotopic (exact) mass is 215 g/mol. The Bertz CT molecular complexity index is 433. The number of rotatable bonds is 2. The molecule has 0 aliphatic heterocycles. The van der Waals surface area contributed by atoms with Crippen molar-refractivity contribution in [3.63, 3.8) is 0 Å². The van der Waals surface area contributed by atoms with Crippen molar-refractivity contribution in [2.75, 3.05) is 0 Å². The molecular formula is C14H17NO. The van der Waals surface area contributed by atoms with Crippen molar-refractivity contribution < 1.29 is 4.74 Å². The summed E-state index contributed by atoms with van der Waals surface area (Å²) < 4.78 is 5.75. The van der Waals surface area contributed by atoms with Crippen LogP contribution in [-0.2, 0) is 5.41 Å². The van der Waals surface area contributed by atoms with E-state index in [0.717, 1.165) is 29.7 Å². The molecule has 2 heteroatoms. The average molecular weight is 215 g/mol. The highest BCUT2D eigenvalue weighted by molar-refractivity contribution is 5.46. The van der Waals surface area contributed by atoms with Crippen molar-refractivity contribution in [2.45, 2.75) is 45.1 Å². The lowest BCUT2D eigenvalue weighted by Crippen LogP contribution is -2.13. The van der Waals surface area contributed by atoms with Crippen LogP contribution in [0.2, 0.25) is 0 Å². The first kappa shape index (κ1) is 11.0. The molecule has 1 saturated carbocycles. The van der Waals surface area contributed by atoms with Crippen molar-refractivity contribution in [1.82, 2.24) is 0 Å². The summed E-state index contributed by atoms with van der Waals surface area (Å²) in [4.78, 5) is 0. The van der Waals surface area contributed by atoms with Crippen LogP contribution >= 0.6 is 0 Å². The van der Waals surface area contributed by atoms with E-state index in [1.54, 1.807) is 0 Å². The summed E-state index contributed by atoms with van der Waals surface area (Å²) >= 11 is 0. The van der Waals surface area contributed by atoms with Gasteiger partial charge in [-0.25, -0.2) is 0 Å². The summed E-state index contributed by atoms with van der Waals surface area (Å²) in [6, 6.07) is 8.01. The SMILES string of the molecule is CC(C)(C)c1cc(OC2CC2)ccc1C#N. The Morgan fingerprint density at radius 3 is 2.50 bits per heavy atom. The van der Waals surface area contributed by atoms with Crippen LogP contribution in [0.3, 0.4) is 0 Å². The van der Waals surface area contributed by atoms with Crippen LogP contribution in [0.5, 0.6) is 5.75 Å². The molecule has 1 aromatic rings. The van der Waals surface area contributed by atoms with E-state index in [2.05, 4.69) is 26.8 Å². The van der Waals surface area contributed by atoms with Crippen molar-refractivity contribution in [2.24, 2.45) is 0 Å². The van der Waals surface area contributed by atoms with Crippen LogP contribution in [0, 0.1) is 11.3 Å². The van der Waals surface area contributed by atoms with E-state index >= 15 is 0 Å². The number of ether oxygens (including phenoxy) is 1.